The Labute approximate surface area is 150 Å². The number of hydrogen-bond donors (Lipinski definition) is 2. The molecule has 3 aliphatic carbocycles. The average Bonchev–Trinajstić information content (AvgIpc) is 2.90. The third-order valence-electron chi connectivity index (χ3n) is 8.59. The number of fused-ring (bicyclic) bond motifs is 5. The van der Waals surface area contributed by atoms with E-state index in [1.54, 1.807) is 6.08 Å². The van der Waals surface area contributed by atoms with Crippen molar-refractivity contribution in [2.75, 3.05) is 0 Å². The Morgan fingerprint density at radius 2 is 2.00 bits per heavy atom. The molecule has 2 N–H and O–H groups in total. The molecule has 0 bridgehead atoms. The summed E-state index contributed by atoms with van der Waals surface area (Å²) >= 11 is 0. The number of nitrogens with one attached hydrogen (secondary N) is 1. The first kappa shape index (κ1) is 17.1. The lowest BCUT2D eigenvalue weighted by Crippen LogP contribution is -2.59. The Kier molecular flexibility index (Phi) is 4.01. The maximum atomic E-state index is 11.8. The number of carbonyl (C=O) groups is 2. The zero-order valence-corrected chi connectivity index (χ0v) is 15.5. The smallest absolute Gasteiger partial charge is 0.303 e. The van der Waals surface area contributed by atoms with E-state index in [-0.39, 0.29) is 11.3 Å². The molecular formula is C21H31NO3. The van der Waals surface area contributed by atoms with Crippen LogP contribution in [0.5, 0.6) is 0 Å². The lowest BCUT2D eigenvalue weighted by Gasteiger charge is -2.59. The van der Waals surface area contributed by atoms with Gasteiger partial charge in [-0.25, -0.2) is 0 Å². The Hall–Kier alpha value is -1.32. The molecule has 0 saturated heterocycles. The Balaban J connectivity index is 1.57. The molecule has 138 valence electrons. The molecule has 0 aromatic rings. The molecule has 3 saturated carbocycles. The molecular weight excluding hydrogens is 314 g/mol. The fraction of sp³-hybridized carbons (Fsp3) is 0.810. The van der Waals surface area contributed by atoms with E-state index in [4.69, 9.17) is 5.11 Å². The molecule has 1 amide bonds. The van der Waals surface area contributed by atoms with Gasteiger partial charge in [-0.3, -0.25) is 9.59 Å². The van der Waals surface area contributed by atoms with Crippen molar-refractivity contribution in [2.45, 2.75) is 71.3 Å². The third-order valence-corrected chi connectivity index (χ3v) is 8.59. The van der Waals surface area contributed by atoms with Gasteiger partial charge in [-0.2, -0.15) is 0 Å². The summed E-state index contributed by atoms with van der Waals surface area (Å²) < 4.78 is 0. The SMILES string of the molecule is C[C@]12CC[C@H]3[C@@H](CCC4NC(=O)C=C[C@@]43C)[C@@H]1CC[C@@H]2CCC(=O)O. The standard InChI is InChI=1S/C21H31NO3/c1-20-11-9-16-14(15(20)6-3-13(20)4-8-19(24)25)5-7-17-21(16,2)12-10-18(23)22-17/h10,12-17H,3-9,11H2,1-2H3,(H,22,23)(H,24,25)/t13-,14+,15+,16+,17?,20-,21-/m1/s1. The van der Waals surface area contributed by atoms with Crippen molar-refractivity contribution in [3.63, 3.8) is 0 Å². The summed E-state index contributed by atoms with van der Waals surface area (Å²) in [6.45, 7) is 4.80. The van der Waals surface area contributed by atoms with E-state index in [1.165, 1.54) is 32.1 Å². The number of rotatable bonds is 3. The van der Waals surface area contributed by atoms with Crippen LogP contribution in [0, 0.1) is 34.5 Å². The quantitative estimate of drug-likeness (QED) is 0.818. The van der Waals surface area contributed by atoms with Gasteiger partial charge in [-0.05, 0) is 80.1 Å². The number of amides is 1. The summed E-state index contributed by atoms with van der Waals surface area (Å²) in [5.74, 6) is 2.09. The minimum atomic E-state index is -0.656. The second kappa shape index (κ2) is 5.85. The van der Waals surface area contributed by atoms with E-state index in [0.717, 1.165) is 24.7 Å². The van der Waals surface area contributed by atoms with Crippen molar-refractivity contribution in [3.8, 4) is 0 Å². The van der Waals surface area contributed by atoms with Gasteiger partial charge in [0.2, 0.25) is 5.91 Å². The first-order chi connectivity index (χ1) is 11.8. The second-order valence-corrected chi connectivity index (χ2v) is 9.47. The van der Waals surface area contributed by atoms with Crippen LogP contribution in [-0.4, -0.2) is 23.0 Å². The molecule has 7 atom stereocenters. The van der Waals surface area contributed by atoms with E-state index >= 15 is 0 Å². The Morgan fingerprint density at radius 1 is 1.20 bits per heavy atom. The maximum Gasteiger partial charge on any atom is 0.303 e. The zero-order valence-electron chi connectivity index (χ0n) is 15.5. The van der Waals surface area contributed by atoms with Crippen LogP contribution in [-0.2, 0) is 9.59 Å². The number of carbonyl (C=O) groups excluding carboxylic acids is 1. The van der Waals surface area contributed by atoms with Gasteiger partial charge in [0.25, 0.3) is 0 Å². The van der Waals surface area contributed by atoms with Gasteiger partial charge in [0, 0.05) is 17.9 Å². The van der Waals surface area contributed by atoms with Crippen LogP contribution in [0.25, 0.3) is 0 Å². The van der Waals surface area contributed by atoms with Gasteiger partial charge in [0.15, 0.2) is 0 Å². The molecule has 1 heterocycles. The number of carboxylic acids is 1. The van der Waals surface area contributed by atoms with Crippen LogP contribution in [0.3, 0.4) is 0 Å². The average molecular weight is 345 g/mol. The van der Waals surface area contributed by atoms with Crippen molar-refractivity contribution < 1.29 is 14.7 Å². The summed E-state index contributed by atoms with van der Waals surface area (Å²) in [5, 5.41) is 12.3. The lowest BCUT2D eigenvalue weighted by atomic mass is 9.48. The molecule has 0 aromatic heterocycles. The zero-order chi connectivity index (χ0) is 17.8. The summed E-state index contributed by atoms with van der Waals surface area (Å²) in [6.07, 6.45) is 12.3. The summed E-state index contributed by atoms with van der Waals surface area (Å²) in [7, 11) is 0. The summed E-state index contributed by atoms with van der Waals surface area (Å²) in [6, 6.07) is 0.291. The van der Waals surface area contributed by atoms with E-state index in [0.29, 0.717) is 29.7 Å². The van der Waals surface area contributed by atoms with Crippen molar-refractivity contribution in [3.05, 3.63) is 12.2 Å². The molecule has 1 aliphatic heterocycles. The van der Waals surface area contributed by atoms with Crippen LogP contribution in [0.15, 0.2) is 12.2 Å². The largest absolute Gasteiger partial charge is 0.481 e. The molecule has 0 aromatic carbocycles. The normalized spacial score (nSPS) is 48.2. The summed E-state index contributed by atoms with van der Waals surface area (Å²) in [4.78, 5) is 22.8. The Morgan fingerprint density at radius 3 is 2.76 bits per heavy atom. The minimum absolute atomic E-state index is 0.0659. The van der Waals surface area contributed by atoms with Gasteiger partial charge in [0.1, 0.15) is 0 Å². The predicted molar refractivity (Wildman–Crippen MR) is 95.8 cm³/mol. The van der Waals surface area contributed by atoms with E-state index in [1.807, 2.05) is 0 Å². The van der Waals surface area contributed by atoms with Crippen LogP contribution >= 0.6 is 0 Å². The highest BCUT2D eigenvalue weighted by atomic mass is 16.4. The lowest BCUT2D eigenvalue weighted by molar-refractivity contribution is -0.138. The molecule has 4 aliphatic rings. The molecule has 0 radical (unpaired) electrons. The van der Waals surface area contributed by atoms with Crippen molar-refractivity contribution >= 4 is 11.9 Å². The topological polar surface area (TPSA) is 66.4 Å². The molecule has 4 nitrogen and oxygen atoms in total. The fourth-order valence-electron chi connectivity index (χ4n) is 7.21. The van der Waals surface area contributed by atoms with Gasteiger partial charge in [0.05, 0.1) is 0 Å². The predicted octanol–water partition coefficient (Wildman–Crippen LogP) is 3.76. The molecule has 0 spiro atoms. The molecule has 4 rings (SSSR count). The third kappa shape index (κ3) is 2.55. The summed E-state index contributed by atoms with van der Waals surface area (Å²) in [5.41, 5.74) is 0.415. The number of carboxylic acid groups (broad SMARTS) is 1. The highest BCUT2D eigenvalue weighted by molar-refractivity contribution is 5.89. The molecule has 3 fully saturated rings. The van der Waals surface area contributed by atoms with Crippen LogP contribution < -0.4 is 5.32 Å². The Bertz CT molecular complexity index is 614. The van der Waals surface area contributed by atoms with Crippen molar-refractivity contribution in [1.82, 2.24) is 5.32 Å². The maximum absolute atomic E-state index is 11.8. The first-order valence-corrected chi connectivity index (χ1v) is 10.1. The van der Waals surface area contributed by atoms with Crippen LogP contribution in [0.4, 0.5) is 0 Å². The number of hydrogen-bond acceptors (Lipinski definition) is 2. The van der Waals surface area contributed by atoms with Gasteiger partial charge < -0.3 is 10.4 Å². The van der Waals surface area contributed by atoms with Crippen LogP contribution in [0.1, 0.15) is 65.2 Å². The van der Waals surface area contributed by atoms with Crippen LogP contribution in [0.2, 0.25) is 0 Å². The van der Waals surface area contributed by atoms with Gasteiger partial charge in [-0.15, -0.1) is 0 Å². The fourth-order valence-corrected chi connectivity index (χ4v) is 7.21. The molecule has 4 heteroatoms. The van der Waals surface area contributed by atoms with Crippen molar-refractivity contribution in [1.29, 1.82) is 0 Å². The number of aliphatic carboxylic acids is 1. The highest BCUT2D eigenvalue weighted by Crippen LogP contribution is 2.65. The minimum Gasteiger partial charge on any atom is -0.481 e. The highest BCUT2D eigenvalue weighted by Gasteiger charge is 2.59. The molecule has 25 heavy (non-hydrogen) atoms. The second-order valence-electron chi connectivity index (χ2n) is 9.47. The first-order valence-electron chi connectivity index (χ1n) is 10.1. The van der Waals surface area contributed by atoms with E-state index in [2.05, 4.69) is 25.2 Å². The van der Waals surface area contributed by atoms with E-state index < -0.39 is 5.97 Å². The van der Waals surface area contributed by atoms with E-state index in [9.17, 15) is 9.59 Å². The van der Waals surface area contributed by atoms with Gasteiger partial charge in [-0.1, -0.05) is 19.9 Å². The van der Waals surface area contributed by atoms with Crippen molar-refractivity contribution in [2.24, 2.45) is 34.5 Å². The molecule has 1 unspecified atom stereocenters. The van der Waals surface area contributed by atoms with Gasteiger partial charge >= 0.3 is 5.97 Å². The monoisotopic (exact) mass is 345 g/mol.